The molecule has 11 nitrogen and oxygen atoms in total. The van der Waals surface area contributed by atoms with Crippen LogP contribution >= 0.6 is 0 Å². The van der Waals surface area contributed by atoms with Crippen molar-refractivity contribution in [3.8, 4) is 5.75 Å². The molecule has 0 unspecified atom stereocenters. The van der Waals surface area contributed by atoms with Gasteiger partial charge in [0.1, 0.15) is 16.9 Å². The minimum absolute atomic E-state index is 0.239. The van der Waals surface area contributed by atoms with Crippen LogP contribution in [0.5, 0.6) is 5.75 Å². The van der Waals surface area contributed by atoms with Crippen molar-refractivity contribution in [3.05, 3.63) is 36.0 Å². The number of benzene rings is 1. The van der Waals surface area contributed by atoms with Crippen LogP contribution in [0.25, 0.3) is 0 Å². The van der Waals surface area contributed by atoms with E-state index in [0.717, 1.165) is 0 Å². The largest absolute Gasteiger partial charge is 0.497 e. The number of hydrogen-bond donors (Lipinski definition) is 1. The summed E-state index contributed by atoms with van der Waals surface area (Å²) >= 11 is 0. The van der Waals surface area contributed by atoms with Crippen LogP contribution in [-0.2, 0) is 26.8 Å². The maximum atomic E-state index is 12.9. The molecule has 0 bridgehead atoms. The monoisotopic (exact) mass is 495 g/mol. The molecule has 3 rings (SSSR count). The summed E-state index contributed by atoms with van der Waals surface area (Å²) in [6, 6.07) is 6.37. The number of sulfonamides is 1. The van der Waals surface area contributed by atoms with Crippen molar-refractivity contribution in [1.29, 1.82) is 0 Å². The summed E-state index contributed by atoms with van der Waals surface area (Å²) in [5, 5.41) is 6.76. The molecule has 1 aromatic carbocycles. The van der Waals surface area contributed by atoms with Gasteiger partial charge in [0.2, 0.25) is 15.9 Å². The van der Waals surface area contributed by atoms with Gasteiger partial charge in [0.25, 0.3) is 0 Å². The molecule has 0 radical (unpaired) electrons. The van der Waals surface area contributed by atoms with Gasteiger partial charge < -0.3 is 19.3 Å². The lowest BCUT2D eigenvalue weighted by atomic mass is 10.1. The summed E-state index contributed by atoms with van der Waals surface area (Å²) in [6.07, 6.45) is -0.571. The van der Waals surface area contributed by atoms with E-state index in [1.807, 2.05) is 4.90 Å². The van der Waals surface area contributed by atoms with Gasteiger partial charge in [-0.3, -0.25) is 4.90 Å². The van der Waals surface area contributed by atoms with E-state index in [-0.39, 0.29) is 4.90 Å². The van der Waals surface area contributed by atoms with Crippen molar-refractivity contribution in [2.45, 2.75) is 57.2 Å². The molecule has 2 aromatic rings. The van der Waals surface area contributed by atoms with Gasteiger partial charge in [0, 0.05) is 26.2 Å². The fourth-order valence-electron chi connectivity index (χ4n) is 3.40. The molecule has 1 N–H and O–H groups in total. The summed E-state index contributed by atoms with van der Waals surface area (Å²) in [4.78, 5) is 18.8. The van der Waals surface area contributed by atoms with Crippen LogP contribution in [-0.4, -0.2) is 72.7 Å². The summed E-state index contributed by atoms with van der Waals surface area (Å²) in [7, 11) is -2.04. The summed E-state index contributed by atoms with van der Waals surface area (Å²) < 4.78 is 43.1. The summed E-state index contributed by atoms with van der Waals surface area (Å²) in [6.45, 7) is 11.0. The molecule has 0 atom stereocenters. The molecule has 1 saturated heterocycles. The van der Waals surface area contributed by atoms with Gasteiger partial charge >= 0.3 is 6.09 Å². The number of carbonyl (C=O) groups is 1. The van der Waals surface area contributed by atoms with Crippen LogP contribution in [0.3, 0.4) is 0 Å². The molecular weight excluding hydrogens is 462 g/mol. The van der Waals surface area contributed by atoms with Gasteiger partial charge in [-0.1, -0.05) is 5.16 Å². The highest BCUT2D eigenvalue weighted by Gasteiger charge is 2.32. The van der Waals surface area contributed by atoms with Gasteiger partial charge in [0.05, 0.1) is 18.6 Å². The Kier molecular flexibility index (Phi) is 7.53. The number of nitrogens with zero attached hydrogens (tertiary/aromatic N) is 4. The number of rotatable bonds is 7. The zero-order chi connectivity index (χ0) is 25.1. The first-order valence-electron chi connectivity index (χ1n) is 11.0. The van der Waals surface area contributed by atoms with Crippen LogP contribution < -0.4 is 10.1 Å². The number of piperazine rings is 1. The fourth-order valence-corrected chi connectivity index (χ4v) is 4.83. The quantitative estimate of drug-likeness (QED) is 0.616. The Morgan fingerprint density at radius 1 is 1.09 bits per heavy atom. The molecule has 12 heteroatoms. The standard InChI is InChI=1S/C22H33N5O6S/c1-21(2,3)32-20(28)24-22(4,5)19-23-18(33-25-19)15-26-11-13-27(14-12-26)34(29,30)17-9-7-16(31-6)8-10-17/h7-10H,11-15H2,1-6H3,(H,24,28). The van der Waals surface area contributed by atoms with Crippen LogP contribution in [0.4, 0.5) is 4.79 Å². The lowest BCUT2D eigenvalue weighted by Crippen LogP contribution is -2.48. The topological polar surface area (TPSA) is 127 Å². The first-order valence-corrected chi connectivity index (χ1v) is 12.4. The SMILES string of the molecule is COc1ccc(S(=O)(=O)N2CCN(Cc3nc(C(C)(C)NC(=O)OC(C)(C)C)no3)CC2)cc1. The molecular formula is C22H33N5O6S. The normalized spacial score (nSPS) is 16.3. The van der Waals surface area contributed by atoms with E-state index in [0.29, 0.717) is 50.2 Å². The molecule has 1 amide bonds. The Morgan fingerprint density at radius 3 is 2.26 bits per heavy atom. The second kappa shape index (κ2) is 9.88. The number of amides is 1. The van der Waals surface area contributed by atoms with E-state index >= 15 is 0 Å². The number of hydrogen-bond acceptors (Lipinski definition) is 9. The van der Waals surface area contributed by atoms with E-state index in [1.165, 1.54) is 11.4 Å². The van der Waals surface area contributed by atoms with Crippen molar-refractivity contribution in [1.82, 2.24) is 24.7 Å². The predicted molar refractivity (Wildman–Crippen MR) is 124 cm³/mol. The van der Waals surface area contributed by atoms with E-state index in [9.17, 15) is 13.2 Å². The smallest absolute Gasteiger partial charge is 0.408 e. The molecule has 2 heterocycles. The average Bonchev–Trinajstić information content (AvgIpc) is 3.22. The van der Waals surface area contributed by atoms with Crippen molar-refractivity contribution in [2.24, 2.45) is 0 Å². The highest BCUT2D eigenvalue weighted by Crippen LogP contribution is 2.22. The first kappa shape index (κ1) is 25.9. The lowest BCUT2D eigenvalue weighted by molar-refractivity contribution is 0.0465. The Morgan fingerprint density at radius 2 is 1.71 bits per heavy atom. The van der Waals surface area contributed by atoms with E-state index < -0.39 is 27.3 Å². The summed E-state index contributed by atoms with van der Waals surface area (Å²) in [5.41, 5.74) is -1.51. The van der Waals surface area contributed by atoms with Crippen molar-refractivity contribution in [3.63, 3.8) is 0 Å². The molecule has 0 spiro atoms. The third kappa shape index (κ3) is 6.45. The van der Waals surface area contributed by atoms with Crippen LogP contribution in [0.1, 0.15) is 46.3 Å². The molecule has 1 aromatic heterocycles. The van der Waals surface area contributed by atoms with Crippen LogP contribution in [0, 0.1) is 0 Å². The van der Waals surface area contributed by atoms with Gasteiger partial charge in [0.15, 0.2) is 5.82 Å². The fraction of sp³-hybridized carbons (Fsp3) is 0.591. The molecule has 0 saturated carbocycles. The third-order valence-electron chi connectivity index (χ3n) is 5.23. The summed E-state index contributed by atoms with van der Waals surface area (Å²) in [5.74, 6) is 1.32. The number of alkyl carbamates (subject to hydrolysis) is 1. The Bertz CT molecular complexity index is 1080. The second-order valence-electron chi connectivity index (χ2n) is 9.62. The van der Waals surface area contributed by atoms with Crippen molar-refractivity contribution >= 4 is 16.1 Å². The van der Waals surface area contributed by atoms with Crippen molar-refractivity contribution < 1.29 is 27.2 Å². The maximum absolute atomic E-state index is 12.9. The average molecular weight is 496 g/mol. The molecule has 34 heavy (non-hydrogen) atoms. The highest BCUT2D eigenvalue weighted by molar-refractivity contribution is 7.89. The van der Waals surface area contributed by atoms with Gasteiger partial charge in [-0.05, 0) is 58.9 Å². The lowest BCUT2D eigenvalue weighted by Gasteiger charge is -2.33. The Hall–Kier alpha value is -2.70. The van der Waals surface area contributed by atoms with E-state index in [1.54, 1.807) is 58.9 Å². The van der Waals surface area contributed by atoms with Gasteiger partial charge in [-0.15, -0.1) is 0 Å². The van der Waals surface area contributed by atoms with Crippen LogP contribution in [0.15, 0.2) is 33.7 Å². The minimum Gasteiger partial charge on any atom is -0.497 e. The minimum atomic E-state index is -3.58. The number of methoxy groups -OCH3 is 1. The zero-order valence-electron chi connectivity index (χ0n) is 20.5. The Balaban J connectivity index is 1.56. The highest BCUT2D eigenvalue weighted by atomic mass is 32.2. The first-order chi connectivity index (χ1) is 15.8. The predicted octanol–water partition coefficient (Wildman–Crippen LogP) is 2.34. The molecule has 1 aliphatic rings. The van der Waals surface area contributed by atoms with Gasteiger partial charge in [-0.25, -0.2) is 13.2 Å². The number of aromatic nitrogens is 2. The second-order valence-corrected chi connectivity index (χ2v) is 11.6. The van der Waals surface area contributed by atoms with Crippen LogP contribution in [0.2, 0.25) is 0 Å². The molecule has 0 aliphatic carbocycles. The number of ether oxygens (including phenoxy) is 2. The molecule has 188 valence electrons. The molecule has 1 aliphatic heterocycles. The van der Waals surface area contributed by atoms with E-state index in [2.05, 4.69) is 15.5 Å². The number of carbonyl (C=O) groups excluding carboxylic acids is 1. The zero-order valence-corrected chi connectivity index (χ0v) is 21.3. The van der Waals surface area contributed by atoms with E-state index in [4.69, 9.17) is 14.0 Å². The number of nitrogens with one attached hydrogen (secondary N) is 1. The maximum Gasteiger partial charge on any atom is 0.408 e. The Labute approximate surface area is 200 Å². The van der Waals surface area contributed by atoms with Gasteiger partial charge in [-0.2, -0.15) is 9.29 Å². The molecule has 1 fully saturated rings. The van der Waals surface area contributed by atoms with Crippen molar-refractivity contribution in [2.75, 3.05) is 33.3 Å². The third-order valence-corrected chi connectivity index (χ3v) is 7.14.